The molecule has 2 aromatic carbocycles. The molecule has 1 heterocycles. The molecular formula is C17H16ClFN6S. The van der Waals surface area contributed by atoms with E-state index in [4.69, 9.17) is 17.4 Å². The molecule has 0 amide bonds. The number of hydrogen-bond acceptors (Lipinski definition) is 6. The highest BCUT2D eigenvalue weighted by atomic mass is 35.5. The molecule has 0 bridgehead atoms. The number of hydrogen-bond donors (Lipinski definition) is 2. The molecule has 6 nitrogen and oxygen atoms in total. The Kier molecular flexibility index (Phi) is 5.75. The van der Waals surface area contributed by atoms with Gasteiger partial charge in [-0.3, -0.25) is 0 Å². The zero-order valence-corrected chi connectivity index (χ0v) is 15.4. The zero-order chi connectivity index (χ0) is 18.5. The third-order valence-electron chi connectivity index (χ3n) is 3.53. The third-order valence-corrected chi connectivity index (χ3v) is 4.80. The minimum absolute atomic E-state index is 0.293. The van der Waals surface area contributed by atoms with Crippen LogP contribution in [-0.4, -0.2) is 20.6 Å². The van der Waals surface area contributed by atoms with E-state index in [-0.39, 0.29) is 5.82 Å². The van der Waals surface area contributed by atoms with Crippen LogP contribution < -0.4 is 11.3 Å². The van der Waals surface area contributed by atoms with Crippen molar-refractivity contribution in [2.45, 2.75) is 17.8 Å². The van der Waals surface area contributed by atoms with Gasteiger partial charge in [-0.15, -0.1) is 10.2 Å². The van der Waals surface area contributed by atoms with Gasteiger partial charge in [0.05, 0.1) is 5.71 Å². The second kappa shape index (κ2) is 8.20. The highest BCUT2D eigenvalue weighted by Gasteiger charge is 2.10. The Morgan fingerprint density at radius 3 is 2.58 bits per heavy atom. The number of nitrogens with one attached hydrogen (secondary N) is 1. The summed E-state index contributed by atoms with van der Waals surface area (Å²) in [5.41, 5.74) is 5.34. The van der Waals surface area contributed by atoms with Crippen LogP contribution >= 0.6 is 23.4 Å². The summed E-state index contributed by atoms with van der Waals surface area (Å²) in [6, 6.07) is 13.6. The molecular weight excluding hydrogens is 375 g/mol. The number of halogens is 2. The molecule has 9 heteroatoms. The van der Waals surface area contributed by atoms with Crippen LogP contribution in [-0.2, 0) is 5.75 Å². The summed E-state index contributed by atoms with van der Waals surface area (Å²) in [7, 11) is 0. The largest absolute Gasteiger partial charge is 0.334 e. The van der Waals surface area contributed by atoms with E-state index in [1.165, 1.54) is 28.6 Å². The van der Waals surface area contributed by atoms with Crippen molar-refractivity contribution in [1.82, 2.24) is 14.9 Å². The molecule has 134 valence electrons. The monoisotopic (exact) mass is 390 g/mol. The third kappa shape index (κ3) is 4.53. The average molecular weight is 391 g/mol. The van der Waals surface area contributed by atoms with E-state index in [9.17, 15) is 4.39 Å². The highest BCUT2D eigenvalue weighted by Crippen LogP contribution is 2.22. The second-order valence-electron chi connectivity index (χ2n) is 5.41. The summed E-state index contributed by atoms with van der Waals surface area (Å²) in [5, 5.41) is 13.5. The van der Waals surface area contributed by atoms with E-state index in [2.05, 4.69) is 20.7 Å². The van der Waals surface area contributed by atoms with Crippen LogP contribution in [0.3, 0.4) is 0 Å². The fourth-order valence-corrected chi connectivity index (χ4v) is 3.01. The van der Waals surface area contributed by atoms with Crippen molar-refractivity contribution in [3.05, 3.63) is 70.5 Å². The van der Waals surface area contributed by atoms with Crippen LogP contribution in [0.2, 0.25) is 5.02 Å². The zero-order valence-electron chi connectivity index (χ0n) is 13.9. The van der Waals surface area contributed by atoms with E-state index in [0.29, 0.717) is 27.6 Å². The first-order valence-corrected chi connectivity index (χ1v) is 9.03. The first kappa shape index (κ1) is 18.2. The topological polar surface area (TPSA) is 81.1 Å². The lowest BCUT2D eigenvalue weighted by Crippen LogP contribution is -2.13. The number of anilines is 1. The van der Waals surface area contributed by atoms with Gasteiger partial charge in [0.25, 0.3) is 5.95 Å². The predicted molar refractivity (Wildman–Crippen MR) is 103 cm³/mol. The first-order valence-electron chi connectivity index (χ1n) is 7.67. The molecule has 0 fully saturated rings. The molecule has 0 saturated heterocycles. The van der Waals surface area contributed by atoms with Gasteiger partial charge in [0.2, 0.25) is 5.16 Å². The lowest BCUT2D eigenvalue weighted by Gasteiger charge is -2.05. The SMILES string of the molecule is C/C(=N\Nc1nnc(SCc2ccc(Cl)cc2)n1N)c1ccc(F)cc1. The molecule has 0 radical (unpaired) electrons. The van der Waals surface area contributed by atoms with Gasteiger partial charge in [0.15, 0.2) is 0 Å². The van der Waals surface area contributed by atoms with Gasteiger partial charge in [-0.2, -0.15) is 5.10 Å². The van der Waals surface area contributed by atoms with Gasteiger partial charge in [-0.05, 0) is 42.3 Å². The van der Waals surface area contributed by atoms with Crippen LogP contribution in [0.1, 0.15) is 18.1 Å². The van der Waals surface area contributed by atoms with Crippen molar-refractivity contribution in [3.63, 3.8) is 0 Å². The fraction of sp³-hybridized carbons (Fsp3) is 0.118. The Balaban J connectivity index is 1.63. The van der Waals surface area contributed by atoms with Crippen molar-refractivity contribution in [3.8, 4) is 0 Å². The van der Waals surface area contributed by atoms with E-state index in [1.807, 2.05) is 24.3 Å². The number of thioether (sulfide) groups is 1. The van der Waals surface area contributed by atoms with E-state index >= 15 is 0 Å². The number of nitrogen functional groups attached to an aromatic ring is 1. The van der Waals surface area contributed by atoms with Crippen LogP contribution in [0.15, 0.2) is 58.8 Å². The van der Waals surface area contributed by atoms with Gasteiger partial charge in [-0.25, -0.2) is 14.5 Å². The van der Waals surface area contributed by atoms with Crippen molar-refractivity contribution in [2.75, 3.05) is 11.3 Å². The Bertz CT molecular complexity index is 908. The molecule has 3 rings (SSSR count). The van der Waals surface area contributed by atoms with Gasteiger partial charge >= 0.3 is 0 Å². The molecule has 26 heavy (non-hydrogen) atoms. The molecule has 1 aromatic heterocycles. The van der Waals surface area contributed by atoms with Gasteiger partial charge in [0.1, 0.15) is 5.82 Å². The molecule has 0 atom stereocenters. The van der Waals surface area contributed by atoms with Crippen molar-refractivity contribution in [2.24, 2.45) is 5.10 Å². The number of hydrazone groups is 1. The number of nitrogens with two attached hydrogens (primary N) is 1. The smallest absolute Gasteiger partial charge is 0.264 e. The maximum absolute atomic E-state index is 13.0. The van der Waals surface area contributed by atoms with Crippen molar-refractivity contribution >= 4 is 35.0 Å². The molecule has 3 N–H and O–H groups in total. The fourth-order valence-electron chi connectivity index (χ4n) is 2.07. The van der Waals surface area contributed by atoms with Crippen LogP contribution in [0, 0.1) is 5.82 Å². The minimum atomic E-state index is -0.293. The van der Waals surface area contributed by atoms with Crippen molar-refractivity contribution < 1.29 is 4.39 Å². The standard InChI is InChI=1S/C17H16ClFN6S/c1-11(13-4-8-15(19)9-5-13)21-22-16-23-24-17(25(16)20)26-10-12-2-6-14(18)7-3-12/h2-9H,10,20H2,1H3,(H,22,23)/b21-11+. The predicted octanol–water partition coefficient (Wildman–Crippen LogP) is 3.91. The summed E-state index contributed by atoms with van der Waals surface area (Å²) < 4.78 is 14.3. The Morgan fingerprint density at radius 2 is 1.88 bits per heavy atom. The van der Waals surface area contributed by atoms with Gasteiger partial charge in [0, 0.05) is 10.8 Å². The molecule has 0 spiro atoms. The number of aromatic nitrogens is 3. The molecule has 0 saturated carbocycles. The highest BCUT2D eigenvalue weighted by molar-refractivity contribution is 7.98. The first-order chi connectivity index (χ1) is 12.5. The summed E-state index contributed by atoms with van der Waals surface area (Å²) in [6.45, 7) is 1.80. The lowest BCUT2D eigenvalue weighted by atomic mass is 10.1. The van der Waals surface area contributed by atoms with Crippen LogP contribution in [0.5, 0.6) is 0 Å². The maximum Gasteiger partial charge on any atom is 0.264 e. The molecule has 0 aliphatic rings. The number of benzene rings is 2. The second-order valence-corrected chi connectivity index (χ2v) is 6.79. The number of nitrogens with zero attached hydrogens (tertiary/aromatic N) is 4. The average Bonchev–Trinajstić information content (AvgIpc) is 3.00. The maximum atomic E-state index is 13.0. The Labute approximate surface area is 159 Å². The Hall–Kier alpha value is -2.58. The van der Waals surface area contributed by atoms with Gasteiger partial charge < -0.3 is 5.84 Å². The molecule has 0 aliphatic heterocycles. The summed E-state index contributed by atoms with van der Waals surface area (Å²) in [4.78, 5) is 0. The quantitative estimate of drug-likeness (QED) is 0.288. The normalized spacial score (nSPS) is 11.6. The van der Waals surface area contributed by atoms with E-state index in [0.717, 1.165) is 11.1 Å². The summed E-state index contributed by atoms with van der Waals surface area (Å²) in [6.07, 6.45) is 0. The molecule has 3 aromatic rings. The summed E-state index contributed by atoms with van der Waals surface area (Å²) >= 11 is 7.33. The molecule has 0 unspecified atom stereocenters. The minimum Gasteiger partial charge on any atom is -0.334 e. The van der Waals surface area contributed by atoms with E-state index < -0.39 is 0 Å². The van der Waals surface area contributed by atoms with Gasteiger partial charge in [-0.1, -0.05) is 47.6 Å². The van der Waals surface area contributed by atoms with Crippen LogP contribution in [0.25, 0.3) is 0 Å². The summed E-state index contributed by atoms with van der Waals surface area (Å²) in [5.74, 6) is 6.71. The Morgan fingerprint density at radius 1 is 1.19 bits per heavy atom. The number of rotatable bonds is 6. The van der Waals surface area contributed by atoms with E-state index in [1.54, 1.807) is 19.1 Å². The van der Waals surface area contributed by atoms with Crippen molar-refractivity contribution in [1.29, 1.82) is 0 Å². The molecule has 0 aliphatic carbocycles. The van der Waals surface area contributed by atoms with Crippen LogP contribution in [0.4, 0.5) is 10.3 Å². The lowest BCUT2D eigenvalue weighted by molar-refractivity contribution is 0.628.